The van der Waals surface area contributed by atoms with Crippen LogP contribution in [0.2, 0.25) is 5.02 Å². The van der Waals surface area contributed by atoms with Crippen molar-refractivity contribution in [2.75, 3.05) is 12.0 Å². The van der Waals surface area contributed by atoms with Crippen LogP contribution in [0.25, 0.3) is 28.2 Å². The summed E-state index contributed by atoms with van der Waals surface area (Å²) in [5.74, 6) is 0.968. The fourth-order valence-corrected chi connectivity index (χ4v) is 3.20. The Hall–Kier alpha value is -2.52. The summed E-state index contributed by atoms with van der Waals surface area (Å²) < 4.78 is 24.6. The maximum atomic E-state index is 11.5. The number of hydrogen-bond acceptors (Lipinski definition) is 6. The number of halogens is 1. The van der Waals surface area contributed by atoms with Crippen molar-refractivity contribution < 1.29 is 8.42 Å². The number of aromatic nitrogens is 6. The van der Waals surface area contributed by atoms with Crippen molar-refractivity contribution in [1.29, 1.82) is 0 Å². The van der Waals surface area contributed by atoms with Crippen LogP contribution in [0.3, 0.4) is 0 Å². The fraction of sp³-hybridized carbons (Fsp3) is 0.200. The monoisotopic (exact) mass is 376 g/mol. The van der Waals surface area contributed by atoms with Crippen LogP contribution in [0, 0.1) is 0 Å². The Morgan fingerprint density at radius 2 is 1.96 bits per heavy atom. The van der Waals surface area contributed by atoms with Gasteiger partial charge in [-0.1, -0.05) is 11.6 Å². The highest BCUT2D eigenvalue weighted by molar-refractivity contribution is 7.90. The summed E-state index contributed by atoms with van der Waals surface area (Å²) in [4.78, 5) is 16.1. The molecular weight excluding hydrogens is 364 g/mol. The second-order valence-electron chi connectivity index (χ2n) is 5.69. The van der Waals surface area contributed by atoms with Crippen LogP contribution in [0.5, 0.6) is 0 Å². The molecule has 1 aromatic carbocycles. The highest BCUT2D eigenvalue weighted by atomic mass is 35.5. The highest BCUT2D eigenvalue weighted by Crippen LogP contribution is 2.22. The molecule has 8 nitrogen and oxygen atoms in total. The summed E-state index contributed by atoms with van der Waals surface area (Å²) in [6.07, 6.45) is 2.94. The first-order valence-corrected chi connectivity index (χ1v) is 9.87. The predicted molar refractivity (Wildman–Crippen MR) is 94.3 cm³/mol. The van der Waals surface area contributed by atoms with Gasteiger partial charge < -0.3 is 4.98 Å². The van der Waals surface area contributed by atoms with Gasteiger partial charge in [-0.05, 0) is 24.3 Å². The van der Waals surface area contributed by atoms with Crippen molar-refractivity contribution in [2.24, 2.45) is 0 Å². The van der Waals surface area contributed by atoms with E-state index >= 15 is 0 Å². The molecule has 0 saturated carbocycles. The summed E-state index contributed by atoms with van der Waals surface area (Å²) in [6.45, 7) is 0. The van der Waals surface area contributed by atoms with Gasteiger partial charge in [-0.25, -0.2) is 23.4 Å². The van der Waals surface area contributed by atoms with Crippen molar-refractivity contribution in [2.45, 2.75) is 6.42 Å². The first-order chi connectivity index (χ1) is 11.9. The lowest BCUT2D eigenvalue weighted by Gasteiger charge is -2.02. The van der Waals surface area contributed by atoms with E-state index in [-0.39, 0.29) is 12.2 Å². The van der Waals surface area contributed by atoms with E-state index in [1.54, 1.807) is 16.6 Å². The normalized spacial score (nSPS) is 12.2. The maximum Gasteiger partial charge on any atom is 0.185 e. The average Bonchev–Trinajstić information content (AvgIpc) is 3.18. The Morgan fingerprint density at radius 3 is 2.68 bits per heavy atom. The van der Waals surface area contributed by atoms with Crippen molar-refractivity contribution in [3.63, 3.8) is 0 Å². The zero-order chi connectivity index (χ0) is 17.6. The van der Waals surface area contributed by atoms with E-state index < -0.39 is 9.84 Å². The van der Waals surface area contributed by atoms with E-state index in [4.69, 9.17) is 11.6 Å². The van der Waals surface area contributed by atoms with Crippen LogP contribution in [0.15, 0.2) is 30.6 Å². The molecule has 0 spiro atoms. The lowest BCUT2D eigenvalue weighted by atomic mass is 10.2. The molecule has 0 saturated heterocycles. The molecular formula is C15H13ClN6O2S. The molecule has 0 radical (unpaired) electrons. The molecule has 0 aliphatic heterocycles. The van der Waals surface area contributed by atoms with Gasteiger partial charge in [-0.3, -0.25) is 0 Å². The number of aryl methyl sites for hydroxylation is 1. The number of benzene rings is 1. The van der Waals surface area contributed by atoms with Gasteiger partial charge in [-0.15, -0.1) is 5.10 Å². The van der Waals surface area contributed by atoms with E-state index in [9.17, 15) is 8.42 Å². The molecule has 0 aliphatic rings. The number of nitrogens with zero attached hydrogens (tertiary/aromatic N) is 5. The van der Waals surface area contributed by atoms with E-state index in [1.165, 1.54) is 12.6 Å². The Morgan fingerprint density at radius 1 is 1.20 bits per heavy atom. The van der Waals surface area contributed by atoms with Crippen molar-refractivity contribution in [1.82, 2.24) is 29.5 Å². The molecule has 4 rings (SSSR count). The first-order valence-electron chi connectivity index (χ1n) is 7.43. The Bertz CT molecular complexity index is 1180. The Labute approximate surface area is 147 Å². The van der Waals surface area contributed by atoms with E-state index in [1.807, 2.05) is 12.1 Å². The number of sulfone groups is 1. The number of aromatic amines is 1. The average molecular weight is 377 g/mol. The second-order valence-corrected chi connectivity index (χ2v) is 8.38. The SMILES string of the molecule is CS(=O)(=O)CCc1nc2nc[nH]c2c2nc(-c3ccc(Cl)cc3)nn12. The molecule has 128 valence electrons. The zero-order valence-corrected chi connectivity index (χ0v) is 14.7. The van der Waals surface area contributed by atoms with Gasteiger partial charge in [0.2, 0.25) is 0 Å². The summed E-state index contributed by atoms with van der Waals surface area (Å²) in [7, 11) is -3.13. The van der Waals surface area contributed by atoms with Crippen LogP contribution in [0.4, 0.5) is 0 Å². The van der Waals surface area contributed by atoms with Crippen LogP contribution in [-0.4, -0.2) is 50.0 Å². The van der Waals surface area contributed by atoms with Gasteiger partial charge in [0, 0.05) is 23.3 Å². The van der Waals surface area contributed by atoms with Gasteiger partial charge in [0.05, 0.1) is 12.1 Å². The summed E-state index contributed by atoms with van der Waals surface area (Å²) in [5.41, 5.74) is 2.48. The number of imidazole rings is 1. The molecule has 10 heteroatoms. The molecule has 0 atom stereocenters. The molecule has 0 aliphatic carbocycles. The van der Waals surface area contributed by atoms with E-state index in [0.29, 0.717) is 33.5 Å². The van der Waals surface area contributed by atoms with Gasteiger partial charge in [0.1, 0.15) is 21.2 Å². The molecule has 1 N–H and O–H groups in total. The highest BCUT2D eigenvalue weighted by Gasteiger charge is 2.17. The molecule has 4 aromatic rings. The molecule has 0 fully saturated rings. The summed E-state index contributed by atoms with van der Waals surface area (Å²) in [5, 5.41) is 5.12. The quantitative estimate of drug-likeness (QED) is 0.583. The third-order valence-corrected chi connectivity index (χ3v) is 4.93. The largest absolute Gasteiger partial charge is 0.340 e. The van der Waals surface area contributed by atoms with Gasteiger partial charge in [-0.2, -0.15) is 4.52 Å². The Kier molecular flexibility index (Phi) is 3.69. The molecule has 0 unspecified atom stereocenters. The van der Waals surface area contributed by atoms with Crippen molar-refractivity contribution >= 4 is 38.2 Å². The first kappa shape index (κ1) is 16.0. The second kappa shape index (κ2) is 5.78. The summed E-state index contributed by atoms with van der Waals surface area (Å²) >= 11 is 5.92. The number of hydrogen-bond donors (Lipinski definition) is 1. The maximum absolute atomic E-state index is 11.5. The van der Waals surface area contributed by atoms with Gasteiger partial charge >= 0.3 is 0 Å². The number of nitrogens with one attached hydrogen (secondary N) is 1. The van der Waals surface area contributed by atoms with Crippen LogP contribution in [0.1, 0.15) is 5.82 Å². The lowest BCUT2D eigenvalue weighted by molar-refractivity contribution is 0.600. The molecule has 0 bridgehead atoms. The molecule has 25 heavy (non-hydrogen) atoms. The molecule has 3 heterocycles. The minimum absolute atomic E-state index is 0.0266. The summed E-state index contributed by atoms with van der Waals surface area (Å²) in [6, 6.07) is 7.17. The number of fused-ring (bicyclic) bond motifs is 3. The lowest BCUT2D eigenvalue weighted by Crippen LogP contribution is -2.11. The number of H-pyrrole nitrogens is 1. The van der Waals surface area contributed by atoms with Crippen molar-refractivity contribution in [3.05, 3.63) is 41.4 Å². The van der Waals surface area contributed by atoms with E-state index in [0.717, 1.165) is 5.56 Å². The van der Waals surface area contributed by atoms with E-state index in [2.05, 4.69) is 25.0 Å². The minimum Gasteiger partial charge on any atom is -0.340 e. The molecule has 3 aromatic heterocycles. The van der Waals surface area contributed by atoms with Crippen LogP contribution in [-0.2, 0) is 16.3 Å². The predicted octanol–water partition coefficient (Wildman–Crippen LogP) is 1.91. The minimum atomic E-state index is -3.13. The Balaban J connectivity index is 1.90. The third kappa shape index (κ3) is 3.08. The van der Waals surface area contributed by atoms with Crippen molar-refractivity contribution in [3.8, 4) is 11.4 Å². The van der Waals surface area contributed by atoms with Crippen LogP contribution < -0.4 is 0 Å². The van der Waals surface area contributed by atoms with Gasteiger partial charge in [0.15, 0.2) is 17.1 Å². The smallest absolute Gasteiger partial charge is 0.185 e. The fourth-order valence-electron chi connectivity index (χ4n) is 2.52. The topological polar surface area (TPSA) is 106 Å². The number of rotatable bonds is 4. The van der Waals surface area contributed by atoms with Crippen LogP contribution >= 0.6 is 11.6 Å². The van der Waals surface area contributed by atoms with Gasteiger partial charge in [0.25, 0.3) is 0 Å². The molecule has 0 amide bonds. The zero-order valence-electron chi connectivity index (χ0n) is 13.1. The standard InChI is InChI=1S/C15H13ClN6O2S/c1-25(23,24)7-6-11-19-14-12(17-8-18-14)15-20-13(21-22(11)15)9-2-4-10(16)5-3-9/h2-5,8H,6-7H2,1H3,(H,17,18). The third-order valence-electron chi connectivity index (χ3n) is 3.73.